The second kappa shape index (κ2) is 2.85. The third-order valence-corrected chi connectivity index (χ3v) is 1.92. The number of aliphatic hydroxyl groups is 1. The summed E-state index contributed by atoms with van der Waals surface area (Å²) in [5.41, 5.74) is 5.22. The smallest absolute Gasteiger partial charge is 0.338 e. The minimum absolute atomic E-state index is 0.245. The predicted molar refractivity (Wildman–Crippen MR) is 39.1 cm³/mol. The van der Waals surface area contributed by atoms with Gasteiger partial charge in [0.2, 0.25) is 0 Å². The molecule has 6 heteroatoms. The maximum Gasteiger partial charge on any atom is 0.338 e. The van der Waals surface area contributed by atoms with Gasteiger partial charge in [0.25, 0.3) is 0 Å². The lowest BCUT2D eigenvalue weighted by Gasteiger charge is -1.98. The zero-order valence-electron chi connectivity index (χ0n) is 5.39. The van der Waals surface area contributed by atoms with Crippen molar-refractivity contribution in [1.82, 2.24) is 4.98 Å². The van der Waals surface area contributed by atoms with Crippen molar-refractivity contribution in [2.45, 2.75) is 6.10 Å². The van der Waals surface area contributed by atoms with Gasteiger partial charge < -0.3 is 15.9 Å². The first-order valence-corrected chi connectivity index (χ1v) is 3.55. The van der Waals surface area contributed by atoms with Crippen molar-refractivity contribution in [3.63, 3.8) is 0 Å². The Hall–Kier alpha value is -1.14. The molecule has 0 saturated heterocycles. The van der Waals surface area contributed by atoms with E-state index in [9.17, 15) is 4.79 Å². The third kappa shape index (κ3) is 1.66. The average Bonchev–Trinajstić information content (AvgIpc) is 2.34. The van der Waals surface area contributed by atoms with E-state index < -0.39 is 12.1 Å². The van der Waals surface area contributed by atoms with Crippen LogP contribution >= 0.6 is 11.3 Å². The van der Waals surface area contributed by atoms with Crippen LogP contribution in [0.3, 0.4) is 0 Å². The van der Waals surface area contributed by atoms with E-state index in [1.807, 2.05) is 0 Å². The summed E-state index contributed by atoms with van der Waals surface area (Å²) in [6.07, 6.45) is -0.261. The van der Waals surface area contributed by atoms with E-state index in [1.54, 1.807) is 0 Å². The van der Waals surface area contributed by atoms with Gasteiger partial charge in [0.05, 0.1) is 4.88 Å². The van der Waals surface area contributed by atoms with Crippen molar-refractivity contribution in [3.05, 3.63) is 11.1 Å². The molecule has 0 fully saturated rings. The minimum Gasteiger partial charge on any atom is -0.479 e. The maximum absolute atomic E-state index is 10.2. The highest BCUT2D eigenvalue weighted by molar-refractivity contribution is 7.15. The molecular weight excluding hydrogens is 168 g/mol. The molecule has 1 rings (SSSR count). The summed E-state index contributed by atoms with van der Waals surface area (Å²) in [6.45, 7) is 0. The van der Waals surface area contributed by atoms with Crippen molar-refractivity contribution in [1.29, 1.82) is 0 Å². The van der Waals surface area contributed by atoms with Crippen LogP contribution in [0.5, 0.6) is 0 Å². The molecule has 0 saturated carbocycles. The number of aliphatic hydroxyl groups excluding tert-OH is 1. The lowest BCUT2D eigenvalue weighted by Crippen LogP contribution is -2.08. The first-order valence-electron chi connectivity index (χ1n) is 2.73. The third-order valence-electron chi connectivity index (χ3n) is 1.04. The van der Waals surface area contributed by atoms with Gasteiger partial charge in [-0.05, 0) is 0 Å². The summed E-state index contributed by atoms with van der Waals surface area (Å²) >= 11 is 0.960. The fraction of sp³-hybridized carbons (Fsp3) is 0.200. The molecule has 0 aliphatic rings. The molecule has 11 heavy (non-hydrogen) atoms. The second-order valence-corrected chi connectivity index (χ2v) is 2.94. The quantitative estimate of drug-likeness (QED) is 0.579. The molecule has 0 bridgehead atoms. The zero-order chi connectivity index (χ0) is 8.43. The Bertz CT molecular complexity index is 272. The van der Waals surface area contributed by atoms with E-state index in [0.717, 1.165) is 11.3 Å². The number of thiazole rings is 1. The number of hydrogen-bond acceptors (Lipinski definition) is 5. The van der Waals surface area contributed by atoms with Gasteiger partial charge in [0.1, 0.15) is 0 Å². The van der Waals surface area contributed by atoms with E-state index in [2.05, 4.69) is 4.98 Å². The molecule has 1 aromatic rings. The van der Waals surface area contributed by atoms with Gasteiger partial charge >= 0.3 is 5.97 Å². The standard InChI is InChI=1S/C5H6N2O3S/c6-5-7-1-2(11-5)3(8)4(9)10/h1,3,8H,(H2,6,7)(H,9,10). The maximum atomic E-state index is 10.2. The molecule has 60 valence electrons. The second-order valence-electron chi connectivity index (χ2n) is 1.84. The SMILES string of the molecule is Nc1ncc(C(O)C(=O)O)s1. The Morgan fingerprint density at radius 2 is 2.45 bits per heavy atom. The van der Waals surface area contributed by atoms with Gasteiger partial charge in [-0.3, -0.25) is 0 Å². The van der Waals surface area contributed by atoms with Crippen LogP contribution in [-0.2, 0) is 4.79 Å². The lowest BCUT2D eigenvalue weighted by molar-refractivity contribution is -0.146. The van der Waals surface area contributed by atoms with Gasteiger partial charge in [0.15, 0.2) is 11.2 Å². The predicted octanol–water partition coefficient (Wildman–Crippen LogP) is -0.157. The van der Waals surface area contributed by atoms with Gasteiger partial charge in [-0.1, -0.05) is 11.3 Å². The van der Waals surface area contributed by atoms with Crippen LogP contribution in [0.15, 0.2) is 6.20 Å². The molecule has 0 amide bonds. The van der Waals surface area contributed by atoms with E-state index in [0.29, 0.717) is 0 Å². The van der Waals surface area contributed by atoms with Crippen LogP contribution in [0.25, 0.3) is 0 Å². The van der Waals surface area contributed by atoms with Crippen molar-refractivity contribution >= 4 is 22.4 Å². The minimum atomic E-state index is -1.51. The van der Waals surface area contributed by atoms with E-state index in [-0.39, 0.29) is 10.0 Å². The van der Waals surface area contributed by atoms with Crippen LogP contribution < -0.4 is 5.73 Å². The molecule has 0 radical (unpaired) electrons. The van der Waals surface area contributed by atoms with Crippen molar-refractivity contribution in [2.75, 3.05) is 5.73 Å². The molecule has 1 unspecified atom stereocenters. The molecule has 0 aromatic carbocycles. The largest absolute Gasteiger partial charge is 0.479 e. The Kier molecular flexibility index (Phi) is 2.06. The number of aromatic nitrogens is 1. The van der Waals surface area contributed by atoms with Gasteiger partial charge in [0, 0.05) is 6.20 Å². The molecule has 1 aromatic heterocycles. The number of hydrogen-bond donors (Lipinski definition) is 3. The van der Waals surface area contributed by atoms with Gasteiger partial charge in [-0.2, -0.15) is 0 Å². The Morgan fingerprint density at radius 1 is 1.82 bits per heavy atom. The first-order chi connectivity index (χ1) is 5.11. The van der Waals surface area contributed by atoms with Gasteiger partial charge in [-0.25, -0.2) is 9.78 Å². The summed E-state index contributed by atoms with van der Waals surface area (Å²) in [4.78, 5) is 14.0. The topological polar surface area (TPSA) is 96.4 Å². The number of anilines is 1. The summed E-state index contributed by atoms with van der Waals surface area (Å²) in [7, 11) is 0. The number of aliphatic carboxylic acids is 1. The van der Waals surface area contributed by atoms with Crippen LogP contribution in [0.4, 0.5) is 5.13 Å². The highest BCUT2D eigenvalue weighted by Crippen LogP contribution is 2.21. The fourth-order valence-electron chi connectivity index (χ4n) is 0.549. The van der Waals surface area contributed by atoms with Gasteiger partial charge in [-0.15, -0.1) is 0 Å². The number of carbonyl (C=O) groups is 1. The average molecular weight is 174 g/mol. The summed E-state index contributed by atoms with van der Waals surface area (Å²) in [6, 6.07) is 0. The zero-order valence-corrected chi connectivity index (χ0v) is 6.21. The molecule has 0 aliphatic carbocycles. The number of carboxylic acid groups (broad SMARTS) is 1. The fourth-order valence-corrected chi connectivity index (χ4v) is 1.21. The van der Waals surface area contributed by atoms with E-state index >= 15 is 0 Å². The highest BCUT2D eigenvalue weighted by Gasteiger charge is 2.17. The molecule has 1 heterocycles. The number of nitrogens with two attached hydrogens (primary N) is 1. The normalized spacial score (nSPS) is 12.8. The number of carboxylic acids is 1. The van der Waals surface area contributed by atoms with Crippen molar-refractivity contribution in [2.24, 2.45) is 0 Å². The molecule has 5 nitrogen and oxygen atoms in total. The molecular formula is C5H6N2O3S. The summed E-state index contributed by atoms with van der Waals surface area (Å²) in [5.74, 6) is -1.30. The first kappa shape index (κ1) is 7.96. The highest BCUT2D eigenvalue weighted by atomic mass is 32.1. The van der Waals surface area contributed by atoms with Crippen LogP contribution in [0.1, 0.15) is 11.0 Å². The van der Waals surface area contributed by atoms with E-state index in [4.69, 9.17) is 15.9 Å². The molecule has 0 spiro atoms. The Balaban J connectivity index is 2.84. The van der Waals surface area contributed by atoms with Crippen molar-refractivity contribution < 1.29 is 15.0 Å². The molecule has 4 N–H and O–H groups in total. The number of nitrogen functional groups attached to an aromatic ring is 1. The van der Waals surface area contributed by atoms with E-state index in [1.165, 1.54) is 6.20 Å². The Labute approximate surface area is 66.1 Å². The molecule has 1 atom stereocenters. The van der Waals surface area contributed by atoms with Crippen molar-refractivity contribution in [3.8, 4) is 0 Å². The van der Waals surface area contributed by atoms with Crippen LogP contribution in [0.2, 0.25) is 0 Å². The monoisotopic (exact) mass is 174 g/mol. The Morgan fingerprint density at radius 3 is 2.82 bits per heavy atom. The van der Waals surface area contributed by atoms with Crippen LogP contribution in [-0.4, -0.2) is 21.2 Å². The number of rotatable bonds is 2. The summed E-state index contributed by atoms with van der Waals surface area (Å²) < 4.78 is 0. The number of nitrogens with zero attached hydrogens (tertiary/aromatic N) is 1. The lowest BCUT2D eigenvalue weighted by atomic mass is 10.3. The summed E-state index contributed by atoms with van der Waals surface area (Å²) in [5, 5.41) is 17.5. The van der Waals surface area contributed by atoms with Crippen LogP contribution in [0, 0.1) is 0 Å². The molecule has 0 aliphatic heterocycles.